The Bertz CT molecular complexity index is 858. The Morgan fingerprint density at radius 1 is 0.620 bits per heavy atom. The monoisotopic (exact) mass is 730 g/mol. The molecule has 0 heterocycles. The quantitative estimate of drug-likeness (QED) is 0.0205. The molecule has 0 aromatic carbocycles. The van der Waals surface area contributed by atoms with Gasteiger partial charge in [0.2, 0.25) is 0 Å². The highest BCUT2D eigenvalue weighted by Gasteiger charge is 2.20. The summed E-state index contributed by atoms with van der Waals surface area (Å²) in [6.45, 7) is 5.37. The highest BCUT2D eigenvalue weighted by molar-refractivity contribution is 7.45. The molecule has 50 heavy (non-hydrogen) atoms. The Morgan fingerprint density at radius 2 is 1.10 bits per heavy atom. The summed E-state index contributed by atoms with van der Waals surface area (Å²) in [5.74, 6) is -0.340. The predicted octanol–water partition coefficient (Wildman–Crippen LogP) is 11.0. The first-order chi connectivity index (χ1) is 24.1. The van der Waals surface area contributed by atoms with Crippen LogP contribution in [-0.4, -0.2) is 70.7 Å². The van der Waals surface area contributed by atoms with Gasteiger partial charge in [-0.25, -0.2) is 0 Å². The van der Waals surface area contributed by atoms with E-state index in [2.05, 4.69) is 38.2 Å². The number of rotatable bonds is 38. The lowest BCUT2D eigenvalue weighted by Gasteiger charge is -2.28. The average molecular weight is 730 g/mol. The Hall–Kier alpha value is -1.02. The van der Waals surface area contributed by atoms with Crippen LogP contribution in [0.15, 0.2) is 24.3 Å². The van der Waals surface area contributed by atoms with Gasteiger partial charge in [-0.1, -0.05) is 147 Å². The van der Waals surface area contributed by atoms with E-state index >= 15 is 0 Å². The molecular formula is C41H80NO7P. The number of carbonyl (C=O) groups excluding carboxylic acids is 1. The fourth-order valence-electron chi connectivity index (χ4n) is 5.52. The van der Waals surface area contributed by atoms with Crippen LogP contribution < -0.4 is 4.89 Å². The van der Waals surface area contributed by atoms with Crippen LogP contribution in [0.25, 0.3) is 0 Å². The number of hydrogen-bond acceptors (Lipinski definition) is 7. The van der Waals surface area contributed by atoms with Crippen molar-refractivity contribution < 1.29 is 37.3 Å². The van der Waals surface area contributed by atoms with Gasteiger partial charge in [0, 0.05) is 13.0 Å². The number of quaternary nitrogens is 1. The predicted molar refractivity (Wildman–Crippen MR) is 208 cm³/mol. The zero-order valence-electron chi connectivity index (χ0n) is 33.4. The third-order valence-electron chi connectivity index (χ3n) is 8.76. The summed E-state index contributed by atoms with van der Waals surface area (Å²) in [6, 6.07) is 0. The maximum absolute atomic E-state index is 12.6. The zero-order chi connectivity index (χ0) is 37.0. The number of carbonyl (C=O) groups is 1. The second kappa shape index (κ2) is 35.0. The molecular weight excluding hydrogens is 649 g/mol. The Kier molecular flexibility index (Phi) is 34.3. The SMILES string of the molecule is CCCCCCC/C=C\C/C=C\CCCCCCCCCCCC(=O)OC(COCCCCCCCCC)COP(=O)([O-])OCC[N+](C)(C)C. The van der Waals surface area contributed by atoms with Crippen LogP contribution >= 0.6 is 7.82 Å². The number of ether oxygens (including phenoxy) is 2. The van der Waals surface area contributed by atoms with Gasteiger partial charge >= 0.3 is 5.97 Å². The maximum atomic E-state index is 12.6. The topological polar surface area (TPSA) is 94.1 Å². The fraction of sp³-hybridized carbons (Fsp3) is 0.878. The summed E-state index contributed by atoms with van der Waals surface area (Å²) < 4.78 is 34.3. The maximum Gasteiger partial charge on any atom is 0.306 e. The van der Waals surface area contributed by atoms with Crippen LogP contribution in [0.1, 0.15) is 174 Å². The second-order valence-corrected chi connectivity index (χ2v) is 16.4. The molecule has 0 aromatic heterocycles. The summed E-state index contributed by atoms with van der Waals surface area (Å²) in [5.41, 5.74) is 0. The first-order valence-electron chi connectivity index (χ1n) is 20.6. The minimum Gasteiger partial charge on any atom is -0.756 e. The molecule has 0 fully saturated rings. The van der Waals surface area contributed by atoms with Gasteiger partial charge in [-0.05, 0) is 44.9 Å². The molecule has 0 amide bonds. The molecule has 2 unspecified atom stereocenters. The van der Waals surface area contributed by atoms with Gasteiger partial charge < -0.3 is 27.9 Å². The molecule has 296 valence electrons. The third-order valence-corrected chi connectivity index (χ3v) is 9.72. The first-order valence-corrected chi connectivity index (χ1v) is 22.0. The van der Waals surface area contributed by atoms with E-state index in [-0.39, 0.29) is 25.8 Å². The molecule has 0 N–H and O–H groups in total. The smallest absolute Gasteiger partial charge is 0.306 e. The van der Waals surface area contributed by atoms with Crippen molar-refractivity contribution >= 4 is 13.8 Å². The summed E-state index contributed by atoms with van der Waals surface area (Å²) in [5, 5.41) is 0. The van der Waals surface area contributed by atoms with E-state index < -0.39 is 13.9 Å². The largest absolute Gasteiger partial charge is 0.756 e. The number of phosphoric ester groups is 1. The van der Waals surface area contributed by atoms with E-state index in [0.717, 1.165) is 38.5 Å². The molecule has 0 bridgehead atoms. The van der Waals surface area contributed by atoms with E-state index in [1.807, 2.05) is 21.1 Å². The summed E-state index contributed by atoms with van der Waals surface area (Å²) in [6.07, 6.45) is 37.7. The number of likely N-dealkylation sites (N-methyl/N-ethyl adjacent to an activating group) is 1. The van der Waals surface area contributed by atoms with Gasteiger partial charge in [0.05, 0.1) is 34.4 Å². The Balaban J connectivity index is 4.10. The van der Waals surface area contributed by atoms with Crippen LogP contribution in [0.5, 0.6) is 0 Å². The minimum absolute atomic E-state index is 0.0265. The molecule has 9 heteroatoms. The molecule has 0 aromatic rings. The molecule has 0 aliphatic carbocycles. The molecule has 0 spiro atoms. The number of hydrogen-bond donors (Lipinski definition) is 0. The summed E-state index contributed by atoms with van der Waals surface area (Å²) >= 11 is 0. The standard InChI is InChI=1S/C41H80NO7P/c1-6-8-10-12-14-15-16-17-18-19-20-21-22-23-24-25-26-27-28-30-32-34-41(43)49-40(38-46-36-33-31-29-13-11-9-7-2)39-48-50(44,45)47-37-35-42(3,4)5/h16-17,19-20,40H,6-15,18,21-39H2,1-5H3/b17-16-,20-19-. The lowest BCUT2D eigenvalue weighted by Crippen LogP contribution is -2.37. The molecule has 0 rings (SSSR count). The molecule has 2 atom stereocenters. The van der Waals surface area contributed by atoms with Crippen LogP contribution in [0.3, 0.4) is 0 Å². The highest BCUT2D eigenvalue weighted by Crippen LogP contribution is 2.38. The number of allylic oxidation sites excluding steroid dienone is 4. The van der Waals surface area contributed by atoms with Crippen LogP contribution in [-0.2, 0) is 27.9 Å². The number of esters is 1. The molecule has 0 saturated carbocycles. The highest BCUT2D eigenvalue weighted by atomic mass is 31.2. The first kappa shape index (κ1) is 49.0. The fourth-order valence-corrected chi connectivity index (χ4v) is 6.25. The minimum atomic E-state index is -4.51. The van der Waals surface area contributed by atoms with E-state index in [0.29, 0.717) is 24.1 Å². The Morgan fingerprint density at radius 3 is 1.62 bits per heavy atom. The van der Waals surface area contributed by atoms with E-state index in [1.165, 1.54) is 116 Å². The number of nitrogens with zero attached hydrogens (tertiary/aromatic N) is 1. The molecule has 0 aliphatic heterocycles. The molecule has 0 saturated heterocycles. The lowest BCUT2D eigenvalue weighted by atomic mass is 10.1. The van der Waals surface area contributed by atoms with Crippen LogP contribution in [0, 0.1) is 0 Å². The van der Waals surface area contributed by atoms with Crippen molar-refractivity contribution in [1.29, 1.82) is 0 Å². The average Bonchev–Trinajstić information content (AvgIpc) is 3.06. The van der Waals surface area contributed by atoms with Crippen molar-refractivity contribution in [1.82, 2.24) is 0 Å². The second-order valence-electron chi connectivity index (χ2n) is 15.0. The lowest BCUT2D eigenvalue weighted by molar-refractivity contribution is -0.870. The molecule has 8 nitrogen and oxygen atoms in total. The van der Waals surface area contributed by atoms with Crippen molar-refractivity contribution in [3.8, 4) is 0 Å². The zero-order valence-corrected chi connectivity index (χ0v) is 34.2. The van der Waals surface area contributed by atoms with E-state index in [4.69, 9.17) is 18.5 Å². The van der Waals surface area contributed by atoms with Crippen molar-refractivity contribution in [2.45, 2.75) is 180 Å². The van der Waals surface area contributed by atoms with Crippen LogP contribution in [0.4, 0.5) is 0 Å². The van der Waals surface area contributed by atoms with Crippen molar-refractivity contribution in [3.63, 3.8) is 0 Å². The van der Waals surface area contributed by atoms with Gasteiger partial charge in [-0.2, -0.15) is 0 Å². The summed E-state index contributed by atoms with van der Waals surface area (Å²) in [7, 11) is 1.35. The normalized spacial score (nSPS) is 14.1. The number of unbranched alkanes of at least 4 members (excludes halogenated alkanes) is 20. The molecule has 0 radical (unpaired) electrons. The van der Waals surface area contributed by atoms with E-state index in [9.17, 15) is 14.3 Å². The van der Waals surface area contributed by atoms with Gasteiger partial charge in [0.1, 0.15) is 19.3 Å². The van der Waals surface area contributed by atoms with Gasteiger partial charge in [0.25, 0.3) is 7.82 Å². The van der Waals surface area contributed by atoms with Crippen molar-refractivity contribution in [2.24, 2.45) is 0 Å². The van der Waals surface area contributed by atoms with Crippen molar-refractivity contribution in [2.75, 3.05) is 54.1 Å². The van der Waals surface area contributed by atoms with E-state index in [1.54, 1.807) is 0 Å². The third kappa shape index (κ3) is 38.2. The Labute approximate surface area is 309 Å². The molecule has 0 aliphatic rings. The summed E-state index contributed by atoms with van der Waals surface area (Å²) in [4.78, 5) is 24.9. The van der Waals surface area contributed by atoms with Gasteiger partial charge in [0.15, 0.2) is 0 Å². The van der Waals surface area contributed by atoms with Gasteiger partial charge in [-0.3, -0.25) is 9.36 Å². The number of phosphoric acid groups is 1. The van der Waals surface area contributed by atoms with Crippen LogP contribution in [0.2, 0.25) is 0 Å². The van der Waals surface area contributed by atoms with Crippen molar-refractivity contribution in [3.05, 3.63) is 24.3 Å². The van der Waals surface area contributed by atoms with Gasteiger partial charge in [-0.15, -0.1) is 0 Å².